The quantitative estimate of drug-likeness (QED) is 0.179. The molecule has 1 heterocycles. The van der Waals surface area contributed by atoms with Gasteiger partial charge in [0, 0.05) is 60.3 Å². The van der Waals surface area contributed by atoms with Crippen molar-refractivity contribution in [3.63, 3.8) is 0 Å². The third-order valence-corrected chi connectivity index (χ3v) is 5.55. The van der Waals surface area contributed by atoms with Crippen molar-refractivity contribution in [2.75, 3.05) is 18.4 Å². The fraction of sp³-hybridized carbons (Fsp3) is 0.259. The number of halogens is 1. The van der Waals surface area contributed by atoms with Gasteiger partial charge < -0.3 is 26.2 Å². The van der Waals surface area contributed by atoms with Crippen LogP contribution in [0.5, 0.6) is 5.75 Å². The molecule has 0 bridgehead atoms. The molecule has 0 spiro atoms. The number of hydrogen-bond acceptors (Lipinski definition) is 6. The minimum atomic E-state index is -1.11. The van der Waals surface area contributed by atoms with Gasteiger partial charge in [0.05, 0.1) is 19.0 Å². The van der Waals surface area contributed by atoms with Gasteiger partial charge in [-0.15, -0.1) is 0 Å². The Bertz CT molecular complexity index is 1260. The van der Waals surface area contributed by atoms with E-state index in [1.165, 1.54) is 12.1 Å². The molecule has 0 saturated heterocycles. The fourth-order valence-electron chi connectivity index (χ4n) is 3.68. The standard InChI is InChI=1S/C27H29FN4O5.Na/c1-17-10-12-30-24(13-17)29-11-2-3-25(34)31-16-26(35)32-22(15-27(36)37)19-6-4-18(5-7-19)21-9-8-20(28)14-23(21)33;/h4-10,12-14,22,33H,2-3,11,15-16H2,1H3,(H,29,30)(H,31,34)(H,32,35)(H,36,37);. The average Bonchev–Trinajstić information content (AvgIpc) is 2.85. The third-order valence-electron chi connectivity index (χ3n) is 5.55. The first-order valence-electron chi connectivity index (χ1n) is 11.7. The normalized spacial score (nSPS) is 11.1. The van der Waals surface area contributed by atoms with Crippen LogP contribution in [0.1, 0.15) is 36.4 Å². The summed E-state index contributed by atoms with van der Waals surface area (Å²) in [5.41, 5.74) is 2.62. The van der Waals surface area contributed by atoms with Gasteiger partial charge in [-0.25, -0.2) is 9.37 Å². The van der Waals surface area contributed by atoms with E-state index in [2.05, 4.69) is 20.9 Å². The Morgan fingerprint density at radius 1 is 1.03 bits per heavy atom. The van der Waals surface area contributed by atoms with Crippen molar-refractivity contribution < 1.29 is 29.0 Å². The molecule has 9 nitrogen and oxygen atoms in total. The Morgan fingerprint density at radius 2 is 1.76 bits per heavy atom. The Morgan fingerprint density at radius 3 is 2.42 bits per heavy atom. The van der Waals surface area contributed by atoms with E-state index in [4.69, 9.17) is 0 Å². The van der Waals surface area contributed by atoms with Crippen LogP contribution < -0.4 is 16.0 Å². The van der Waals surface area contributed by atoms with Crippen LogP contribution in [-0.2, 0) is 14.4 Å². The number of anilines is 1. The zero-order valence-electron chi connectivity index (χ0n) is 21.3. The second-order valence-corrected chi connectivity index (χ2v) is 8.53. The zero-order chi connectivity index (χ0) is 26.8. The molecule has 2 aromatic carbocycles. The summed E-state index contributed by atoms with van der Waals surface area (Å²) >= 11 is 0. The summed E-state index contributed by atoms with van der Waals surface area (Å²) in [6, 6.07) is 13.2. The van der Waals surface area contributed by atoms with Gasteiger partial charge in [0.15, 0.2) is 0 Å². The zero-order valence-corrected chi connectivity index (χ0v) is 23.3. The number of pyridine rings is 1. The number of aliphatic carboxylic acids is 1. The largest absolute Gasteiger partial charge is 0.507 e. The van der Waals surface area contributed by atoms with Crippen molar-refractivity contribution in [2.24, 2.45) is 0 Å². The number of amides is 2. The maximum atomic E-state index is 13.3. The number of aromatic hydroxyl groups is 1. The first kappa shape index (κ1) is 30.8. The molecule has 1 unspecified atom stereocenters. The van der Waals surface area contributed by atoms with Crippen LogP contribution in [-0.4, -0.2) is 75.6 Å². The molecule has 0 aliphatic heterocycles. The Labute approximate surface area is 242 Å². The molecule has 195 valence electrons. The van der Waals surface area contributed by atoms with Crippen molar-refractivity contribution in [1.82, 2.24) is 15.6 Å². The minimum absolute atomic E-state index is 0. The summed E-state index contributed by atoms with van der Waals surface area (Å²) in [5, 5.41) is 27.6. The molecule has 1 aromatic heterocycles. The van der Waals surface area contributed by atoms with Crippen LogP contribution in [0.25, 0.3) is 11.1 Å². The first-order chi connectivity index (χ1) is 17.7. The summed E-state index contributed by atoms with van der Waals surface area (Å²) in [5.74, 6) is -1.99. The predicted octanol–water partition coefficient (Wildman–Crippen LogP) is 3.16. The van der Waals surface area contributed by atoms with Gasteiger partial charge in [-0.1, -0.05) is 24.3 Å². The number of phenolic OH excluding ortho intramolecular Hbond substituents is 1. The summed E-state index contributed by atoms with van der Waals surface area (Å²) in [6.45, 7) is 2.22. The number of hydrogen-bond donors (Lipinski definition) is 5. The van der Waals surface area contributed by atoms with E-state index in [9.17, 15) is 29.0 Å². The van der Waals surface area contributed by atoms with E-state index in [-0.39, 0.29) is 60.6 Å². The molecule has 1 atom stereocenters. The summed E-state index contributed by atoms with van der Waals surface area (Å²) in [6.07, 6.45) is 2.09. The number of benzene rings is 2. The van der Waals surface area contributed by atoms with Gasteiger partial charge in [0.1, 0.15) is 17.4 Å². The maximum Gasteiger partial charge on any atom is 0.305 e. The van der Waals surface area contributed by atoms with Crippen LogP contribution in [0.4, 0.5) is 10.2 Å². The molecule has 1 radical (unpaired) electrons. The van der Waals surface area contributed by atoms with Gasteiger partial charge in [0.2, 0.25) is 11.8 Å². The van der Waals surface area contributed by atoms with Gasteiger partial charge in [-0.2, -0.15) is 0 Å². The van der Waals surface area contributed by atoms with Crippen LogP contribution in [0.3, 0.4) is 0 Å². The van der Waals surface area contributed by atoms with Crippen molar-refractivity contribution in [1.29, 1.82) is 0 Å². The van der Waals surface area contributed by atoms with E-state index in [1.807, 2.05) is 19.1 Å². The summed E-state index contributed by atoms with van der Waals surface area (Å²) in [4.78, 5) is 40.1. The smallest absolute Gasteiger partial charge is 0.305 e. The number of carbonyl (C=O) groups is 3. The van der Waals surface area contributed by atoms with E-state index < -0.39 is 23.7 Å². The third kappa shape index (κ3) is 9.77. The van der Waals surface area contributed by atoms with Crippen LogP contribution in [0.2, 0.25) is 0 Å². The van der Waals surface area contributed by atoms with E-state index in [1.54, 1.807) is 30.5 Å². The molecule has 5 N–H and O–H groups in total. The fourth-order valence-corrected chi connectivity index (χ4v) is 3.68. The Kier molecular flexibility index (Phi) is 12.2. The molecule has 38 heavy (non-hydrogen) atoms. The van der Waals surface area contributed by atoms with Crippen molar-refractivity contribution in [3.05, 3.63) is 77.7 Å². The topological polar surface area (TPSA) is 141 Å². The van der Waals surface area contributed by atoms with E-state index in [0.29, 0.717) is 29.7 Å². The Balaban J connectivity index is 0.00000507. The van der Waals surface area contributed by atoms with Gasteiger partial charge in [-0.3, -0.25) is 14.4 Å². The van der Waals surface area contributed by atoms with E-state index >= 15 is 0 Å². The average molecular weight is 532 g/mol. The second kappa shape index (κ2) is 15.1. The molecule has 11 heteroatoms. The van der Waals surface area contributed by atoms with Crippen molar-refractivity contribution >= 4 is 53.2 Å². The van der Waals surface area contributed by atoms with Crippen LogP contribution in [0.15, 0.2) is 60.8 Å². The molecular weight excluding hydrogens is 502 g/mol. The van der Waals surface area contributed by atoms with E-state index in [0.717, 1.165) is 17.4 Å². The number of carbonyl (C=O) groups excluding carboxylic acids is 2. The molecule has 0 fully saturated rings. The molecule has 0 aliphatic rings. The monoisotopic (exact) mass is 531 g/mol. The number of carboxylic acid groups (broad SMARTS) is 1. The van der Waals surface area contributed by atoms with Gasteiger partial charge in [0.25, 0.3) is 0 Å². The number of phenols is 1. The van der Waals surface area contributed by atoms with Crippen molar-refractivity contribution in [2.45, 2.75) is 32.2 Å². The van der Waals surface area contributed by atoms with Gasteiger partial charge in [-0.05, 0) is 54.3 Å². The molecular formula is C27H29FN4NaO5. The van der Waals surface area contributed by atoms with Crippen LogP contribution in [0, 0.1) is 12.7 Å². The molecule has 2 amide bonds. The van der Waals surface area contributed by atoms with Crippen LogP contribution >= 0.6 is 0 Å². The Hall–Kier alpha value is -3.47. The van der Waals surface area contributed by atoms with Gasteiger partial charge >= 0.3 is 5.97 Å². The summed E-state index contributed by atoms with van der Waals surface area (Å²) < 4.78 is 13.3. The SMILES string of the molecule is Cc1ccnc(NCCCC(=O)NCC(=O)NC(CC(=O)O)c2ccc(-c3ccc(F)cc3O)cc2)c1.[Na]. The first-order valence-corrected chi connectivity index (χ1v) is 11.7. The molecule has 0 aliphatic carbocycles. The number of carboxylic acids is 1. The molecule has 3 rings (SSSR count). The molecule has 3 aromatic rings. The number of nitrogens with one attached hydrogen (secondary N) is 3. The maximum absolute atomic E-state index is 13.3. The second-order valence-electron chi connectivity index (χ2n) is 8.53. The number of rotatable bonds is 12. The van der Waals surface area contributed by atoms with Crippen molar-refractivity contribution in [3.8, 4) is 16.9 Å². The number of nitrogens with zero attached hydrogens (tertiary/aromatic N) is 1. The predicted molar refractivity (Wildman–Crippen MR) is 142 cm³/mol. The summed E-state index contributed by atoms with van der Waals surface area (Å²) in [7, 11) is 0. The number of aryl methyl sites for hydroxylation is 1. The molecule has 0 saturated carbocycles. The number of aromatic nitrogens is 1. The minimum Gasteiger partial charge on any atom is -0.507 e.